The van der Waals surface area contributed by atoms with E-state index < -0.39 is 0 Å². The molecule has 154 valence electrons. The Labute approximate surface area is 180 Å². The third-order valence-electron chi connectivity index (χ3n) is 5.42. The minimum absolute atomic E-state index is 0.167. The standard InChI is InChI=1S/C22H27BrN4O2/c23-21-6-4-5-18(25-21)22(28)26-19-14-16(13-17-15-24-9-12-29-17)7-8-20(19)27-10-2-1-3-11-27/h4-8,14,17,24H,1-3,9-13,15H2,(H,26,28). The summed E-state index contributed by atoms with van der Waals surface area (Å²) in [5, 5.41) is 6.48. The Morgan fingerprint density at radius 3 is 2.86 bits per heavy atom. The Kier molecular flexibility index (Phi) is 6.79. The number of piperidine rings is 1. The maximum atomic E-state index is 12.9. The van der Waals surface area contributed by atoms with Crippen molar-refractivity contribution in [2.45, 2.75) is 31.8 Å². The minimum Gasteiger partial charge on any atom is -0.375 e. The highest BCUT2D eigenvalue weighted by atomic mass is 79.9. The molecule has 2 fully saturated rings. The molecule has 6 nitrogen and oxygen atoms in total. The van der Waals surface area contributed by atoms with Gasteiger partial charge in [0.1, 0.15) is 10.3 Å². The number of hydrogen-bond acceptors (Lipinski definition) is 5. The van der Waals surface area contributed by atoms with Gasteiger partial charge >= 0.3 is 0 Å². The monoisotopic (exact) mass is 458 g/mol. The maximum Gasteiger partial charge on any atom is 0.274 e. The number of carbonyl (C=O) groups excluding carboxylic acids is 1. The molecule has 1 aromatic carbocycles. The molecule has 1 unspecified atom stereocenters. The van der Waals surface area contributed by atoms with Crippen LogP contribution in [0.15, 0.2) is 41.0 Å². The van der Waals surface area contributed by atoms with Crippen LogP contribution < -0.4 is 15.5 Å². The molecular weight excluding hydrogens is 432 g/mol. The summed E-state index contributed by atoms with van der Waals surface area (Å²) in [6.45, 7) is 4.55. The molecule has 0 spiro atoms. The molecule has 7 heteroatoms. The van der Waals surface area contributed by atoms with Crippen LogP contribution in [0.4, 0.5) is 11.4 Å². The number of anilines is 2. The first kappa shape index (κ1) is 20.3. The number of pyridine rings is 1. The molecule has 2 aliphatic rings. The summed E-state index contributed by atoms with van der Waals surface area (Å²) in [7, 11) is 0. The number of halogens is 1. The predicted molar refractivity (Wildman–Crippen MR) is 119 cm³/mol. The molecule has 0 saturated carbocycles. The Morgan fingerprint density at radius 1 is 1.24 bits per heavy atom. The van der Waals surface area contributed by atoms with Gasteiger partial charge in [-0.05, 0) is 71.4 Å². The summed E-state index contributed by atoms with van der Waals surface area (Å²) < 4.78 is 6.51. The van der Waals surface area contributed by atoms with Crippen LogP contribution in [0.3, 0.4) is 0 Å². The van der Waals surface area contributed by atoms with E-state index in [9.17, 15) is 4.79 Å². The number of ether oxygens (including phenoxy) is 1. The smallest absolute Gasteiger partial charge is 0.274 e. The summed E-state index contributed by atoms with van der Waals surface area (Å²) in [6.07, 6.45) is 4.63. The Bertz CT molecular complexity index is 848. The number of rotatable bonds is 5. The van der Waals surface area contributed by atoms with Crippen LogP contribution in [0, 0.1) is 0 Å². The molecule has 2 aliphatic heterocycles. The number of morpholine rings is 1. The van der Waals surface area contributed by atoms with Crippen molar-refractivity contribution in [2.24, 2.45) is 0 Å². The molecule has 2 aromatic rings. The molecule has 3 heterocycles. The molecule has 2 N–H and O–H groups in total. The fourth-order valence-corrected chi connectivity index (χ4v) is 4.30. The van der Waals surface area contributed by atoms with Crippen LogP contribution in [0.25, 0.3) is 0 Å². The highest BCUT2D eigenvalue weighted by Crippen LogP contribution is 2.31. The van der Waals surface area contributed by atoms with Crippen LogP contribution in [0.1, 0.15) is 35.3 Å². The van der Waals surface area contributed by atoms with Gasteiger partial charge in [-0.25, -0.2) is 4.98 Å². The van der Waals surface area contributed by atoms with Gasteiger partial charge in [0.2, 0.25) is 0 Å². The van der Waals surface area contributed by atoms with Crippen molar-refractivity contribution >= 4 is 33.2 Å². The van der Waals surface area contributed by atoms with Gasteiger partial charge in [0.05, 0.1) is 24.1 Å². The maximum absolute atomic E-state index is 12.9. The number of benzene rings is 1. The van der Waals surface area contributed by atoms with Gasteiger partial charge in [-0.15, -0.1) is 0 Å². The van der Waals surface area contributed by atoms with Crippen molar-refractivity contribution in [3.63, 3.8) is 0 Å². The second-order valence-corrected chi connectivity index (χ2v) is 8.41. The second kappa shape index (κ2) is 9.69. The van der Waals surface area contributed by atoms with E-state index >= 15 is 0 Å². The van der Waals surface area contributed by atoms with Crippen molar-refractivity contribution in [1.82, 2.24) is 10.3 Å². The van der Waals surface area contributed by atoms with E-state index in [1.165, 1.54) is 19.3 Å². The summed E-state index contributed by atoms with van der Waals surface area (Å²) in [4.78, 5) is 19.5. The molecule has 1 aromatic heterocycles. The van der Waals surface area contributed by atoms with Crippen molar-refractivity contribution in [1.29, 1.82) is 0 Å². The number of aromatic nitrogens is 1. The van der Waals surface area contributed by atoms with Gasteiger partial charge in [0.25, 0.3) is 5.91 Å². The van der Waals surface area contributed by atoms with Crippen LogP contribution in [0.2, 0.25) is 0 Å². The van der Waals surface area contributed by atoms with E-state index in [1.54, 1.807) is 6.07 Å². The molecule has 0 radical (unpaired) electrons. The summed E-state index contributed by atoms with van der Waals surface area (Å²) >= 11 is 3.34. The van der Waals surface area contributed by atoms with Crippen molar-refractivity contribution in [3.8, 4) is 0 Å². The first-order valence-corrected chi connectivity index (χ1v) is 11.1. The number of amides is 1. The molecular formula is C22H27BrN4O2. The zero-order valence-corrected chi connectivity index (χ0v) is 18.1. The van der Waals surface area contributed by atoms with Gasteiger partial charge in [-0.3, -0.25) is 4.79 Å². The van der Waals surface area contributed by atoms with E-state index in [1.807, 2.05) is 12.1 Å². The molecule has 2 saturated heterocycles. The third kappa shape index (κ3) is 5.35. The molecule has 4 rings (SSSR count). The first-order chi connectivity index (χ1) is 14.2. The minimum atomic E-state index is -0.197. The van der Waals surface area contributed by atoms with Gasteiger partial charge in [0.15, 0.2) is 0 Å². The Morgan fingerprint density at radius 2 is 2.10 bits per heavy atom. The zero-order valence-electron chi connectivity index (χ0n) is 16.5. The molecule has 0 bridgehead atoms. The number of nitrogens with one attached hydrogen (secondary N) is 2. The predicted octanol–water partition coefficient (Wildman–Crippen LogP) is 3.62. The average molecular weight is 459 g/mol. The highest BCUT2D eigenvalue weighted by Gasteiger charge is 2.19. The van der Waals surface area contributed by atoms with Crippen LogP contribution in [-0.2, 0) is 11.2 Å². The largest absolute Gasteiger partial charge is 0.375 e. The van der Waals surface area contributed by atoms with Gasteiger partial charge in [0, 0.05) is 26.2 Å². The lowest BCUT2D eigenvalue weighted by atomic mass is 10.0. The lowest BCUT2D eigenvalue weighted by molar-refractivity contribution is 0.0292. The van der Waals surface area contributed by atoms with Crippen molar-refractivity contribution in [3.05, 3.63) is 52.3 Å². The quantitative estimate of drug-likeness (QED) is 0.669. The normalized spacial score (nSPS) is 19.8. The number of hydrogen-bond donors (Lipinski definition) is 2. The SMILES string of the molecule is O=C(Nc1cc(CC2CNCCO2)ccc1N1CCCCC1)c1cccc(Br)n1. The van der Waals surface area contributed by atoms with E-state index in [-0.39, 0.29) is 12.0 Å². The third-order valence-corrected chi connectivity index (χ3v) is 5.86. The molecule has 29 heavy (non-hydrogen) atoms. The van der Waals surface area contributed by atoms with Gasteiger partial charge in [-0.2, -0.15) is 0 Å². The molecule has 1 atom stereocenters. The first-order valence-electron chi connectivity index (χ1n) is 10.3. The van der Waals surface area contributed by atoms with E-state index in [0.29, 0.717) is 10.3 Å². The van der Waals surface area contributed by atoms with Crippen LogP contribution in [0.5, 0.6) is 0 Å². The fourth-order valence-electron chi connectivity index (χ4n) is 3.96. The van der Waals surface area contributed by atoms with E-state index in [0.717, 1.165) is 56.1 Å². The van der Waals surface area contributed by atoms with Gasteiger partial charge in [-0.1, -0.05) is 12.1 Å². The topological polar surface area (TPSA) is 66.5 Å². The van der Waals surface area contributed by atoms with Gasteiger partial charge < -0.3 is 20.3 Å². The van der Waals surface area contributed by atoms with E-state index in [4.69, 9.17) is 4.74 Å². The summed E-state index contributed by atoms with van der Waals surface area (Å²) in [5.41, 5.74) is 3.49. The summed E-state index contributed by atoms with van der Waals surface area (Å²) in [6, 6.07) is 11.8. The molecule has 1 amide bonds. The van der Waals surface area contributed by atoms with Crippen LogP contribution >= 0.6 is 15.9 Å². The zero-order chi connectivity index (χ0) is 20.1. The average Bonchev–Trinajstić information content (AvgIpc) is 2.75. The lowest BCUT2D eigenvalue weighted by Crippen LogP contribution is -2.39. The number of nitrogens with zero attached hydrogens (tertiary/aromatic N) is 2. The fraction of sp³-hybridized carbons (Fsp3) is 0.455. The van der Waals surface area contributed by atoms with Crippen molar-refractivity contribution < 1.29 is 9.53 Å². The van der Waals surface area contributed by atoms with Crippen molar-refractivity contribution in [2.75, 3.05) is 43.0 Å². The highest BCUT2D eigenvalue weighted by molar-refractivity contribution is 9.10. The van der Waals surface area contributed by atoms with Crippen LogP contribution in [-0.4, -0.2) is 49.8 Å². The molecule has 0 aliphatic carbocycles. The van der Waals surface area contributed by atoms with E-state index in [2.05, 4.69) is 54.6 Å². The second-order valence-electron chi connectivity index (χ2n) is 7.60. The Hall–Kier alpha value is -1.96. The number of carbonyl (C=O) groups is 1. The summed E-state index contributed by atoms with van der Waals surface area (Å²) in [5.74, 6) is -0.197. The lowest BCUT2D eigenvalue weighted by Gasteiger charge is -2.31. The Balaban J connectivity index is 1.58.